The molecule has 66 valence electrons. The van der Waals surface area contributed by atoms with Crippen molar-refractivity contribution >= 4 is 0 Å². The van der Waals surface area contributed by atoms with E-state index in [1.807, 2.05) is 25.1 Å². The summed E-state index contributed by atoms with van der Waals surface area (Å²) in [6.07, 6.45) is 6.87. The average molecular weight is 174 g/mol. The highest BCUT2D eigenvalue weighted by Crippen LogP contribution is 2.14. The molecule has 0 unspecified atom stereocenters. The van der Waals surface area contributed by atoms with Crippen LogP contribution in [0.4, 0.5) is 0 Å². The summed E-state index contributed by atoms with van der Waals surface area (Å²) in [5.41, 5.74) is 0.513. The van der Waals surface area contributed by atoms with Crippen molar-refractivity contribution in [3.8, 4) is 11.8 Å². The molecule has 0 fully saturated rings. The van der Waals surface area contributed by atoms with E-state index in [1.165, 1.54) is 0 Å². The highest BCUT2D eigenvalue weighted by atomic mass is 16.5. The Morgan fingerprint density at radius 2 is 2.54 bits per heavy atom. The summed E-state index contributed by atoms with van der Waals surface area (Å²) >= 11 is 0. The van der Waals surface area contributed by atoms with E-state index in [2.05, 4.69) is 4.98 Å². The predicted octanol–water partition coefficient (Wildman–Crippen LogP) is 1.91. The molecule has 0 saturated carbocycles. The van der Waals surface area contributed by atoms with Crippen molar-refractivity contribution in [3.63, 3.8) is 0 Å². The topological polar surface area (TPSA) is 45.9 Å². The van der Waals surface area contributed by atoms with Crippen molar-refractivity contribution in [1.29, 1.82) is 5.26 Å². The minimum absolute atomic E-state index is 0.469. The van der Waals surface area contributed by atoms with Gasteiger partial charge in [-0.25, -0.2) is 0 Å². The van der Waals surface area contributed by atoms with E-state index in [1.54, 1.807) is 18.5 Å². The minimum Gasteiger partial charge on any atom is -0.487 e. The Hall–Kier alpha value is -1.82. The second-order valence-electron chi connectivity index (χ2n) is 2.36. The Morgan fingerprint density at radius 1 is 1.69 bits per heavy atom. The van der Waals surface area contributed by atoms with Gasteiger partial charge in [0.25, 0.3) is 0 Å². The third-order valence-corrected chi connectivity index (χ3v) is 1.48. The normalized spacial score (nSPS) is 9.85. The third-order valence-electron chi connectivity index (χ3n) is 1.48. The van der Waals surface area contributed by atoms with Gasteiger partial charge >= 0.3 is 0 Å². The van der Waals surface area contributed by atoms with E-state index in [0.29, 0.717) is 17.9 Å². The molecule has 3 heteroatoms. The first kappa shape index (κ1) is 9.27. The quantitative estimate of drug-likeness (QED) is 0.657. The van der Waals surface area contributed by atoms with Gasteiger partial charge in [0.15, 0.2) is 5.75 Å². The molecule has 0 atom stereocenters. The molecule has 0 spiro atoms. The first-order chi connectivity index (χ1) is 6.38. The van der Waals surface area contributed by atoms with Gasteiger partial charge in [-0.3, -0.25) is 4.98 Å². The zero-order valence-electron chi connectivity index (χ0n) is 7.40. The SMILES string of the molecule is C/C=C/COc1cnccc1C#N. The molecule has 1 aromatic rings. The molecule has 0 aliphatic rings. The van der Waals surface area contributed by atoms with Crippen LogP contribution in [0.15, 0.2) is 30.6 Å². The third kappa shape index (κ3) is 2.60. The van der Waals surface area contributed by atoms with Crippen molar-refractivity contribution < 1.29 is 4.74 Å². The number of hydrogen-bond donors (Lipinski definition) is 0. The Bertz CT molecular complexity index is 339. The van der Waals surface area contributed by atoms with Crippen LogP contribution in [-0.2, 0) is 0 Å². The number of nitriles is 1. The molecule has 13 heavy (non-hydrogen) atoms. The van der Waals surface area contributed by atoms with E-state index < -0.39 is 0 Å². The van der Waals surface area contributed by atoms with Crippen molar-refractivity contribution in [2.24, 2.45) is 0 Å². The molecule has 0 aliphatic carbocycles. The zero-order valence-corrected chi connectivity index (χ0v) is 7.40. The van der Waals surface area contributed by atoms with Crippen LogP contribution in [0.1, 0.15) is 12.5 Å². The lowest BCUT2D eigenvalue weighted by atomic mass is 10.3. The van der Waals surface area contributed by atoms with Gasteiger partial charge in [0.1, 0.15) is 12.7 Å². The van der Waals surface area contributed by atoms with E-state index in [-0.39, 0.29) is 0 Å². The maximum Gasteiger partial charge on any atom is 0.155 e. The van der Waals surface area contributed by atoms with E-state index in [4.69, 9.17) is 10.00 Å². The minimum atomic E-state index is 0.469. The van der Waals surface area contributed by atoms with Crippen LogP contribution in [0.25, 0.3) is 0 Å². The van der Waals surface area contributed by atoms with Crippen LogP contribution in [0.3, 0.4) is 0 Å². The van der Waals surface area contributed by atoms with Crippen LogP contribution < -0.4 is 4.74 Å². The molecule has 1 heterocycles. The molecule has 3 nitrogen and oxygen atoms in total. The molecular weight excluding hydrogens is 164 g/mol. The lowest BCUT2D eigenvalue weighted by Crippen LogP contribution is -1.95. The summed E-state index contributed by atoms with van der Waals surface area (Å²) in [4.78, 5) is 3.87. The molecule has 0 saturated heterocycles. The molecule has 0 aromatic carbocycles. The van der Waals surface area contributed by atoms with Crippen LogP contribution in [-0.4, -0.2) is 11.6 Å². The first-order valence-corrected chi connectivity index (χ1v) is 3.96. The number of aromatic nitrogens is 1. The molecule has 0 bridgehead atoms. The highest BCUT2D eigenvalue weighted by molar-refractivity contribution is 5.40. The van der Waals surface area contributed by atoms with Gasteiger partial charge in [-0.2, -0.15) is 5.26 Å². The molecular formula is C10H10N2O. The van der Waals surface area contributed by atoms with Crippen molar-refractivity contribution in [3.05, 3.63) is 36.2 Å². The fourth-order valence-electron chi connectivity index (χ4n) is 0.821. The summed E-state index contributed by atoms with van der Waals surface area (Å²) < 4.78 is 5.30. The smallest absolute Gasteiger partial charge is 0.155 e. The summed E-state index contributed by atoms with van der Waals surface area (Å²) in [7, 11) is 0. The molecule has 1 rings (SSSR count). The number of rotatable bonds is 3. The molecule has 0 radical (unpaired) electrons. The van der Waals surface area contributed by atoms with Gasteiger partial charge in [-0.1, -0.05) is 12.2 Å². The average Bonchev–Trinajstić information content (AvgIpc) is 2.19. The standard InChI is InChI=1S/C10H10N2O/c1-2-3-6-13-10-8-12-5-4-9(10)7-11/h2-5,8H,6H2,1H3/b3-2+. The monoisotopic (exact) mass is 174 g/mol. The molecule has 1 aromatic heterocycles. The summed E-state index contributed by atoms with van der Waals surface area (Å²) in [6, 6.07) is 3.66. The number of ether oxygens (including phenoxy) is 1. The van der Waals surface area contributed by atoms with Gasteiger partial charge in [0.2, 0.25) is 0 Å². The number of nitrogens with zero attached hydrogens (tertiary/aromatic N) is 2. The summed E-state index contributed by atoms with van der Waals surface area (Å²) in [5, 5.41) is 8.70. The van der Waals surface area contributed by atoms with E-state index in [0.717, 1.165) is 0 Å². The number of allylic oxidation sites excluding steroid dienone is 1. The van der Waals surface area contributed by atoms with Gasteiger partial charge < -0.3 is 4.74 Å². The molecule has 0 aliphatic heterocycles. The second-order valence-corrected chi connectivity index (χ2v) is 2.36. The van der Waals surface area contributed by atoms with Gasteiger partial charge in [-0.15, -0.1) is 0 Å². The lowest BCUT2D eigenvalue weighted by molar-refractivity contribution is 0.360. The van der Waals surface area contributed by atoms with Gasteiger partial charge in [0.05, 0.1) is 11.8 Å². The van der Waals surface area contributed by atoms with Crippen LogP contribution in [0, 0.1) is 11.3 Å². The van der Waals surface area contributed by atoms with Crippen molar-refractivity contribution in [2.45, 2.75) is 6.92 Å². The Balaban J connectivity index is 2.71. The number of pyridine rings is 1. The highest BCUT2D eigenvalue weighted by Gasteiger charge is 1.99. The largest absolute Gasteiger partial charge is 0.487 e. The van der Waals surface area contributed by atoms with Crippen LogP contribution in [0.2, 0.25) is 0 Å². The first-order valence-electron chi connectivity index (χ1n) is 3.96. The molecule has 0 N–H and O–H groups in total. The fraction of sp³-hybridized carbons (Fsp3) is 0.200. The van der Waals surface area contributed by atoms with Crippen molar-refractivity contribution in [1.82, 2.24) is 4.98 Å². The maximum atomic E-state index is 8.70. The summed E-state index contributed by atoms with van der Waals surface area (Å²) in [5.74, 6) is 0.531. The van der Waals surface area contributed by atoms with Crippen LogP contribution in [0.5, 0.6) is 5.75 Å². The Kier molecular flexibility index (Phi) is 3.52. The fourth-order valence-corrected chi connectivity index (χ4v) is 0.821. The molecule has 0 amide bonds. The summed E-state index contributed by atoms with van der Waals surface area (Å²) in [6.45, 7) is 2.38. The van der Waals surface area contributed by atoms with E-state index in [9.17, 15) is 0 Å². The van der Waals surface area contributed by atoms with Gasteiger partial charge in [-0.05, 0) is 13.0 Å². The lowest BCUT2D eigenvalue weighted by Gasteiger charge is -2.02. The van der Waals surface area contributed by atoms with Crippen molar-refractivity contribution in [2.75, 3.05) is 6.61 Å². The second kappa shape index (κ2) is 4.94. The zero-order chi connectivity index (χ0) is 9.52. The van der Waals surface area contributed by atoms with Crippen LogP contribution >= 0.6 is 0 Å². The predicted molar refractivity (Wildman–Crippen MR) is 49.3 cm³/mol. The Morgan fingerprint density at radius 3 is 3.23 bits per heavy atom. The number of hydrogen-bond acceptors (Lipinski definition) is 3. The maximum absolute atomic E-state index is 8.70. The Labute approximate surface area is 77.3 Å². The van der Waals surface area contributed by atoms with Gasteiger partial charge in [0, 0.05) is 6.20 Å². The van der Waals surface area contributed by atoms with E-state index >= 15 is 0 Å².